The van der Waals surface area contributed by atoms with Crippen LogP contribution in [0.25, 0.3) is 11.1 Å². The molecule has 1 aliphatic rings. The van der Waals surface area contributed by atoms with E-state index in [4.69, 9.17) is 14.9 Å². The zero-order chi connectivity index (χ0) is 22.4. The van der Waals surface area contributed by atoms with Gasteiger partial charge in [0, 0.05) is 12.5 Å². The minimum atomic E-state index is -1.38. The number of carbonyl (C=O) groups excluding carboxylic acids is 2. The summed E-state index contributed by atoms with van der Waals surface area (Å²) in [5.74, 6) is -2.59. The predicted octanol–water partition coefficient (Wildman–Crippen LogP) is 2.11. The van der Waals surface area contributed by atoms with Gasteiger partial charge in [0.25, 0.3) is 0 Å². The van der Waals surface area contributed by atoms with E-state index in [-0.39, 0.29) is 19.1 Å². The fourth-order valence-corrected chi connectivity index (χ4v) is 3.75. The maximum absolute atomic E-state index is 12.3. The van der Waals surface area contributed by atoms with Crippen LogP contribution in [-0.4, -0.2) is 54.0 Å². The first-order valence-corrected chi connectivity index (χ1v) is 10.2. The fourth-order valence-electron chi connectivity index (χ4n) is 3.75. The molecule has 164 valence electrons. The number of carboxylic acids is 1. The number of rotatable bonds is 9. The highest BCUT2D eigenvalue weighted by Gasteiger charge is 2.29. The smallest absolute Gasteiger partial charge is 0.407 e. The summed E-state index contributed by atoms with van der Waals surface area (Å²) in [5, 5.41) is 22.8. The summed E-state index contributed by atoms with van der Waals surface area (Å²) in [5.41, 5.74) is 4.47. The first-order valence-electron chi connectivity index (χ1n) is 10.2. The van der Waals surface area contributed by atoms with Gasteiger partial charge >= 0.3 is 12.1 Å². The van der Waals surface area contributed by atoms with E-state index < -0.39 is 36.5 Å². The molecule has 2 aromatic carbocycles. The summed E-state index contributed by atoms with van der Waals surface area (Å²) in [6, 6.07) is 14.6. The van der Waals surface area contributed by atoms with Crippen LogP contribution in [0.2, 0.25) is 0 Å². The molecule has 31 heavy (non-hydrogen) atoms. The molecule has 0 heterocycles. The number of amides is 2. The molecule has 2 atom stereocenters. The van der Waals surface area contributed by atoms with E-state index in [1.807, 2.05) is 36.4 Å². The molecule has 2 unspecified atom stereocenters. The molecule has 2 aromatic rings. The summed E-state index contributed by atoms with van der Waals surface area (Å²) in [7, 11) is 0. The third-order valence-corrected chi connectivity index (χ3v) is 5.50. The minimum Gasteiger partial charge on any atom is -0.480 e. The van der Waals surface area contributed by atoms with Crippen LogP contribution < -0.4 is 10.6 Å². The molecule has 8 nitrogen and oxygen atoms in total. The molecule has 0 saturated carbocycles. The lowest BCUT2D eigenvalue weighted by Gasteiger charge is -2.19. The van der Waals surface area contributed by atoms with Gasteiger partial charge in [0.15, 0.2) is 0 Å². The summed E-state index contributed by atoms with van der Waals surface area (Å²) < 4.78 is 5.44. The maximum atomic E-state index is 12.3. The summed E-state index contributed by atoms with van der Waals surface area (Å²) in [6.45, 7) is 1.20. The van der Waals surface area contributed by atoms with E-state index in [1.165, 1.54) is 0 Å². The zero-order valence-corrected chi connectivity index (χ0v) is 17.2. The minimum absolute atomic E-state index is 0.00320. The van der Waals surface area contributed by atoms with Gasteiger partial charge in [0.1, 0.15) is 12.6 Å². The molecule has 0 aliphatic heterocycles. The molecule has 0 radical (unpaired) electrons. The lowest BCUT2D eigenvalue weighted by atomic mass is 9.98. The highest BCUT2D eigenvalue weighted by Crippen LogP contribution is 2.44. The van der Waals surface area contributed by atoms with E-state index in [0.29, 0.717) is 6.42 Å². The molecule has 0 fully saturated rings. The Labute approximate surface area is 180 Å². The van der Waals surface area contributed by atoms with Gasteiger partial charge in [-0.05, 0) is 28.7 Å². The quantitative estimate of drug-likeness (QED) is 0.487. The SMILES string of the molecule is CCC(CNC(=O)OCC1c2ccccc2-c2ccccc21)C(=O)NC(CO)C(=O)O. The molecule has 0 bridgehead atoms. The molecule has 0 aromatic heterocycles. The average Bonchev–Trinajstić information content (AvgIpc) is 3.10. The lowest BCUT2D eigenvalue weighted by molar-refractivity contribution is -0.143. The van der Waals surface area contributed by atoms with Gasteiger partial charge in [-0.2, -0.15) is 0 Å². The summed E-state index contributed by atoms with van der Waals surface area (Å²) in [4.78, 5) is 35.4. The monoisotopic (exact) mass is 426 g/mol. The largest absolute Gasteiger partial charge is 0.480 e. The van der Waals surface area contributed by atoms with Crippen LogP contribution in [0.5, 0.6) is 0 Å². The van der Waals surface area contributed by atoms with Crippen LogP contribution in [0.1, 0.15) is 30.4 Å². The normalized spacial score (nSPS) is 14.1. The topological polar surface area (TPSA) is 125 Å². The van der Waals surface area contributed by atoms with Crippen molar-refractivity contribution in [1.82, 2.24) is 10.6 Å². The van der Waals surface area contributed by atoms with Crippen molar-refractivity contribution in [3.63, 3.8) is 0 Å². The molecule has 0 saturated heterocycles. The van der Waals surface area contributed by atoms with E-state index in [1.54, 1.807) is 6.92 Å². The molecule has 4 N–H and O–H groups in total. The van der Waals surface area contributed by atoms with Crippen molar-refractivity contribution in [1.29, 1.82) is 0 Å². The van der Waals surface area contributed by atoms with E-state index in [0.717, 1.165) is 22.3 Å². The third-order valence-electron chi connectivity index (χ3n) is 5.50. The number of alkyl carbamates (subject to hydrolysis) is 1. The number of aliphatic hydroxyl groups is 1. The Morgan fingerprint density at radius 2 is 1.61 bits per heavy atom. The van der Waals surface area contributed by atoms with Gasteiger partial charge in [-0.3, -0.25) is 4.79 Å². The van der Waals surface area contributed by atoms with Crippen molar-refractivity contribution in [3.05, 3.63) is 59.7 Å². The molecule has 1 aliphatic carbocycles. The number of aliphatic carboxylic acids is 1. The van der Waals surface area contributed by atoms with Crippen molar-refractivity contribution in [2.45, 2.75) is 25.3 Å². The Morgan fingerprint density at radius 1 is 1.03 bits per heavy atom. The molecular formula is C23H26N2O6. The average molecular weight is 426 g/mol. The number of aliphatic hydroxyl groups excluding tert-OH is 1. The van der Waals surface area contributed by atoms with E-state index in [9.17, 15) is 14.4 Å². The first-order chi connectivity index (χ1) is 15.0. The van der Waals surface area contributed by atoms with Crippen LogP contribution in [0.4, 0.5) is 4.79 Å². The predicted molar refractivity (Wildman–Crippen MR) is 114 cm³/mol. The second-order valence-corrected chi connectivity index (χ2v) is 7.39. The maximum Gasteiger partial charge on any atom is 0.407 e. The second-order valence-electron chi connectivity index (χ2n) is 7.39. The number of hydrogen-bond donors (Lipinski definition) is 4. The number of carbonyl (C=O) groups is 3. The van der Waals surface area contributed by atoms with Crippen LogP contribution in [0.3, 0.4) is 0 Å². The van der Waals surface area contributed by atoms with Gasteiger partial charge in [-0.25, -0.2) is 9.59 Å². The number of benzene rings is 2. The number of fused-ring (bicyclic) bond motifs is 3. The number of ether oxygens (including phenoxy) is 1. The second kappa shape index (κ2) is 10.1. The van der Waals surface area contributed by atoms with Crippen molar-refractivity contribution in [2.75, 3.05) is 19.8 Å². The van der Waals surface area contributed by atoms with Gasteiger partial charge in [0.05, 0.1) is 12.5 Å². The van der Waals surface area contributed by atoms with Crippen LogP contribution >= 0.6 is 0 Å². The highest BCUT2D eigenvalue weighted by atomic mass is 16.5. The van der Waals surface area contributed by atoms with Crippen molar-refractivity contribution in [2.24, 2.45) is 5.92 Å². The van der Waals surface area contributed by atoms with Crippen molar-refractivity contribution < 1.29 is 29.3 Å². The van der Waals surface area contributed by atoms with Gasteiger partial charge in [0.2, 0.25) is 5.91 Å². The van der Waals surface area contributed by atoms with Gasteiger partial charge in [-0.1, -0.05) is 55.5 Å². The highest BCUT2D eigenvalue weighted by molar-refractivity contribution is 5.85. The Bertz CT molecular complexity index is 915. The lowest BCUT2D eigenvalue weighted by Crippen LogP contribution is -2.48. The fraction of sp³-hybridized carbons (Fsp3) is 0.348. The van der Waals surface area contributed by atoms with Crippen LogP contribution in [-0.2, 0) is 14.3 Å². The Hall–Kier alpha value is -3.39. The molecule has 8 heteroatoms. The van der Waals surface area contributed by atoms with Crippen molar-refractivity contribution >= 4 is 18.0 Å². The zero-order valence-electron chi connectivity index (χ0n) is 17.2. The first kappa shape index (κ1) is 22.3. The van der Waals surface area contributed by atoms with Crippen LogP contribution in [0, 0.1) is 5.92 Å². The van der Waals surface area contributed by atoms with Gasteiger partial charge in [-0.15, -0.1) is 0 Å². The molecule has 0 spiro atoms. The molecule has 3 rings (SSSR count). The summed E-state index contributed by atoms with van der Waals surface area (Å²) in [6.07, 6.45) is -0.266. The Kier molecular flexibility index (Phi) is 7.25. The third kappa shape index (κ3) is 5.03. The van der Waals surface area contributed by atoms with Crippen molar-refractivity contribution in [3.8, 4) is 11.1 Å². The van der Waals surface area contributed by atoms with Gasteiger partial charge < -0.3 is 25.6 Å². The van der Waals surface area contributed by atoms with E-state index >= 15 is 0 Å². The standard InChI is InChI=1S/C23H26N2O6/c1-2-14(21(27)25-20(12-26)22(28)29)11-24-23(30)31-13-19-17-9-5-3-7-15(17)16-8-4-6-10-18(16)19/h3-10,14,19-20,26H,2,11-13H2,1H3,(H,24,30)(H,25,27)(H,28,29). The molecule has 2 amide bonds. The number of nitrogens with one attached hydrogen (secondary N) is 2. The van der Waals surface area contributed by atoms with Crippen LogP contribution in [0.15, 0.2) is 48.5 Å². The van der Waals surface area contributed by atoms with E-state index in [2.05, 4.69) is 22.8 Å². The number of carboxylic acid groups (broad SMARTS) is 1. The number of hydrogen-bond acceptors (Lipinski definition) is 5. The summed E-state index contributed by atoms with van der Waals surface area (Å²) >= 11 is 0. The Morgan fingerprint density at radius 3 is 2.13 bits per heavy atom. The Balaban J connectivity index is 1.56. The molecular weight excluding hydrogens is 400 g/mol.